The Hall–Kier alpha value is -4.34. The number of benzene rings is 1. The minimum absolute atomic E-state index is 0.0694. The lowest BCUT2D eigenvalue weighted by Crippen LogP contribution is -2.81. The van der Waals surface area contributed by atoms with Crippen molar-refractivity contribution >= 4 is 35.5 Å². The monoisotopic (exact) mass is 781 g/mol. The van der Waals surface area contributed by atoms with Crippen molar-refractivity contribution in [2.75, 3.05) is 6.61 Å². The molecule has 4 N–H and O–H groups in total. The number of nitrogens with zero attached hydrogens (tertiary/aromatic N) is 1. The van der Waals surface area contributed by atoms with Crippen LogP contribution in [0.25, 0.3) is 0 Å². The number of Topliss-reactive ketones (excluding diaryl/α,β-unsaturated/α-hetero) is 1. The maximum absolute atomic E-state index is 15.1. The molecule has 0 spiro atoms. The molecule has 2 saturated carbocycles. The van der Waals surface area contributed by atoms with Crippen molar-refractivity contribution in [1.29, 1.82) is 0 Å². The number of hydrogen-bond acceptors (Lipinski definition) is 14. The van der Waals surface area contributed by atoms with E-state index in [1.165, 1.54) is 6.92 Å². The number of nitrogens with one attached hydrogen (secondary N) is 2. The van der Waals surface area contributed by atoms with Crippen LogP contribution >= 0.6 is 0 Å². The molecule has 6 rings (SSSR count). The molecule has 0 radical (unpaired) electrons. The summed E-state index contributed by atoms with van der Waals surface area (Å²) in [6.07, 6.45) is -6.15. The van der Waals surface area contributed by atoms with Gasteiger partial charge in [0.05, 0.1) is 30.2 Å². The van der Waals surface area contributed by atoms with Crippen molar-refractivity contribution in [3.63, 3.8) is 0 Å². The number of amides is 1. The van der Waals surface area contributed by atoms with Crippen molar-refractivity contribution in [3.05, 3.63) is 47.0 Å². The summed E-state index contributed by atoms with van der Waals surface area (Å²) in [4.78, 5) is 68.9. The van der Waals surface area contributed by atoms with Gasteiger partial charge in [0.2, 0.25) is 5.78 Å². The first-order valence-corrected chi connectivity index (χ1v) is 19.2. The molecule has 2 bridgehead atoms. The molecule has 56 heavy (non-hydrogen) atoms. The number of ketones is 1. The number of hydrogen-bond donors (Lipinski definition) is 4. The first kappa shape index (κ1) is 41.3. The zero-order chi connectivity index (χ0) is 41.3. The number of hydrazone groups is 1. The van der Waals surface area contributed by atoms with Gasteiger partial charge in [0, 0.05) is 36.2 Å². The van der Waals surface area contributed by atoms with Crippen LogP contribution in [0.5, 0.6) is 0 Å². The van der Waals surface area contributed by atoms with Crippen LogP contribution in [0.15, 0.2) is 46.6 Å². The Kier molecular flexibility index (Phi) is 10.5. The molecule has 10 atom stereocenters. The summed E-state index contributed by atoms with van der Waals surface area (Å²) in [6.45, 7) is 16.7. The van der Waals surface area contributed by atoms with Crippen molar-refractivity contribution < 1.29 is 57.9 Å². The number of carbonyl (C=O) groups is 5. The minimum Gasteiger partial charge on any atom is -0.456 e. The van der Waals surface area contributed by atoms with E-state index in [1.54, 1.807) is 78.8 Å². The number of fused-ring (bicyclic) bond motifs is 4. The lowest BCUT2D eigenvalue weighted by atomic mass is 9.44. The molecule has 1 aromatic rings. The van der Waals surface area contributed by atoms with Gasteiger partial charge >= 0.3 is 24.0 Å². The summed E-state index contributed by atoms with van der Waals surface area (Å²) in [6, 6.07) is 6.56. The van der Waals surface area contributed by atoms with E-state index in [0.717, 1.165) is 0 Å². The van der Waals surface area contributed by atoms with Gasteiger partial charge in [-0.15, -0.1) is 0 Å². The Morgan fingerprint density at radius 3 is 2.32 bits per heavy atom. The van der Waals surface area contributed by atoms with Crippen LogP contribution in [0, 0.1) is 22.7 Å². The van der Waals surface area contributed by atoms with Crippen LogP contribution in [-0.2, 0) is 38.1 Å². The van der Waals surface area contributed by atoms with E-state index in [-0.39, 0.29) is 42.2 Å². The second-order valence-electron chi connectivity index (χ2n) is 18.1. The molecule has 3 fully saturated rings. The topological polar surface area (TPSA) is 208 Å². The fraction of sp³-hybridized carbons (Fsp3) is 0.659. The lowest BCUT2D eigenvalue weighted by molar-refractivity contribution is -0.329. The van der Waals surface area contributed by atoms with E-state index in [2.05, 4.69) is 15.8 Å². The highest BCUT2D eigenvalue weighted by atomic mass is 16.6. The Morgan fingerprint density at radius 2 is 1.75 bits per heavy atom. The molecule has 2 aliphatic heterocycles. The lowest BCUT2D eigenvalue weighted by Gasteiger charge is -2.66. The smallest absolute Gasteiger partial charge is 0.407 e. The van der Waals surface area contributed by atoms with Gasteiger partial charge in [0.15, 0.2) is 11.7 Å². The number of aliphatic hydroxyl groups is 2. The van der Waals surface area contributed by atoms with Gasteiger partial charge in [-0.05, 0) is 57.7 Å². The molecule has 306 valence electrons. The number of rotatable bonds is 9. The highest BCUT2D eigenvalue weighted by Gasteiger charge is 2.78. The van der Waals surface area contributed by atoms with Gasteiger partial charge in [0.25, 0.3) is 0 Å². The molecule has 0 aromatic heterocycles. The van der Waals surface area contributed by atoms with E-state index < -0.39 is 99.8 Å². The summed E-state index contributed by atoms with van der Waals surface area (Å²) in [5.74, 6) is -4.22. The second-order valence-corrected chi connectivity index (χ2v) is 18.1. The minimum atomic E-state index is -2.18. The maximum Gasteiger partial charge on any atom is 0.407 e. The van der Waals surface area contributed by atoms with Gasteiger partial charge < -0.3 is 44.6 Å². The van der Waals surface area contributed by atoms with Crippen LogP contribution in [0.4, 0.5) is 4.79 Å². The molecule has 1 amide bonds. The predicted molar refractivity (Wildman–Crippen MR) is 200 cm³/mol. The Morgan fingerprint density at radius 1 is 1.09 bits per heavy atom. The molecular weight excluding hydrogens is 726 g/mol. The quantitative estimate of drug-likeness (QED) is 0.209. The van der Waals surface area contributed by atoms with Crippen LogP contribution in [0.2, 0.25) is 0 Å². The third-order valence-electron chi connectivity index (χ3n) is 12.4. The van der Waals surface area contributed by atoms with Crippen molar-refractivity contribution in [3.8, 4) is 0 Å². The van der Waals surface area contributed by atoms with E-state index in [9.17, 15) is 29.4 Å². The molecular formula is C41H55N3O12. The van der Waals surface area contributed by atoms with E-state index in [1.807, 2.05) is 13.8 Å². The Balaban J connectivity index is 1.48. The highest BCUT2D eigenvalue weighted by Crippen LogP contribution is 2.64. The second kappa shape index (κ2) is 14.2. The number of aliphatic hydroxyl groups excluding tert-OH is 1. The fourth-order valence-corrected chi connectivity index (χ4v) is 9.71. The van der Waals surface area contributed by atoms with Crippen LogP contribution in [-0.4, -0.2) is 106 Å². The molecule has 1 aromatic carbocycles. The van der Waals surface area contributed by atoms with Crippen LogP contribution < -0.4 is 10.7 Å². The van der Waals surface area contributed by atoms with E-state index in [0.29, 0.717) is 12.0 Å². The van der Waals surface area contributed by atoms with Gasteiger partial charge in [0.1, 0.15) is 35.2 Å². The molecule has 5 aliphatic rings. The van der Waals surface area contributed by atoms with Gasteiger partial charge in [-0.2, -0.15) is 5.10 Å². The van der Waals surface area contributed by atoms with E-state index in [4.69, 9.17) is 23.7 Å². The molecule has 15 nitrogen and oxygen atoms in total. The van der Waals surface area contributed by atoms with Crippen molar-refractivity contribution in [1.82, 2.24) is 10.7 Å². The highest BCUT2D eigenvalue weighted by molar-refractivity contribution is 6.48. The summed E-state index contributed by atoms with van der Waals surface area (Å²) in [5, 5.41) is 32.1. The summed E-state index contributed by atoms with van der Waals surface area (Å²) >= 11 is 0. The average Bonchev–Trinajstić information content (AvgIpc) is 3.42. The molecule has 3 aliphatic carbocycles. The van der Waals surface area contributed by atoms with Gasteiger partial charge in [-0.1, -0.05) is 52.8 Å². The fourth-order valence-electron chi connectivity index (χ4n) is 9.71. The molecule has 15 heteroatoms. The third kappa shape index (κ3) is 6.68. The number of esters is 3. The molecule has 2 heterocycles. The maximum atomic E-state index is 15.1. The van der Waals surface area contributed by atoms with E-state index >= 15 is 4.79 Å². The third-order valence-corrected chi connectivity index (χ3v) is 12.4. The zero-order valence-electron chi connectivity index (χ0n) is 33.8. The predicted octanol–water partition coefficient (Wildman–Crippen LogP) is 3.54. The zero-order valence-corrected chi connectivity index (χ0v) is 33.8. The van der Waals surface area contributed by atoms with Crippen LogP contribution in [0.1, 0.15) is 98.9 Å². The SMILES string of the molecule is CC(=O)O[C@@]12CO[C@@H]1C[C@@H]1NN=C3C(=O)C4=C(C)[C@H](OC(=O)[C@H](O)[C@H](CC(C)C)NC(=O)OC(C)(C)C)C[C@@](O)([C@@H](OC(=O)c5ccccc5)C2[C@]31C)C4(C)C. The number of alkyl carbamates (subject to hydrolysis) is 1. The van der Waals surface area contributed by atoms with Crippen molar-refractivity contribution in [2.24, 2.45) is 27.8 Å². The Bertz CT molecular complexity index is 1850. The van der Waals surface area contributed by atoms with Gasteiger partial charge in [-0.25, -0.2) is 14.4 Å². The Labute approximate surface area is 326 Å². The van der Waals surface area contributed by atoms with Crippen molar-refractivity contribution in [2.45, 2.75) is 142 Å². The standard InChI is InChI=1S/C41H55N3O12/c1-20(2)16-24(42-36(50)56-37(5,6)7)29(46)35(49)53-25-18-41(51)33(54-34(48)23-14-12-11-13-15-23)31-39(10)26(17-27-40(31,19-52-27)55-22(4)45)43-44-32(39)30(47)28(21(25)3)38(41,8)9/h11-15,20,24-27,29,31,33,43,46,51H,16-19H2,1-10H3,(H,42,50)/t24-,25+,26-,27+,29+,31?,33-,39+,40-,41+/m0/s1. The normalized spacial score (nSPS) is 33.8. The van der Waals surface area contributed by atoms with Gasteiger partial charge in [-0.3, -0.25) is 9.59 Å². The summed E-state index contributed by atoms with van der Waals surface area (Å²) in [7, 11) is 0. The van der Waals surface area contributed by atoms with Crippen LogP contribution in [0.3, 0.4) is 0 Å². The largest absolute Gasteiger partial charge is 0.456 e. The molecule has 1 saturated heterocycles. The number of ether oxygens (including phenoxy) is 5. The summed E-state index contributed by atoms with van der Waals surface area (Å²) in [5.41, 5.74) is -3.45. The first-order valence-electron chi connectivity index (χ1n) is 19.2. The first-order chi connectivity index (χ1) is 26.0. The molecule has 1 unspecified atom stereocenters. The average molecular weight is 782 g/mol. The summed E-state index contributed by atoms with van der Waals surface area (Å²) < 4.78 is 30.1. The number of carbonyl (C=O) groups excluding carboxylic acids is 5.